The van der Waals surface area contributed by atoms with Crippen molar-refractivity contribution in [2.75, 3.05) is 13.1 Å². The molecule has 1 aliphatic rings. The van der Waals surface area contributed by atoms with Gasteiger partial charge in [0.25, 0.3) is 5.91 Å². The number of hydrogen-bond acceptors (Lipinski definition) is 5. The summed E-state index contributed by atoms with van der Waals surface area (Å²) in [7, 11) is 1.65. The third kappa shape index (κ3) is 4.15. The molecule has 31 heavy (non-hydrogen) atoms. The van der Waals surface area contributed by atoms with Gasteiger partial charge in [0, 0.05) is 54.4 Å². The van der Waals surface area contributed by atoms with Crippen LogP contribution in [0.1, 0.15) is 28.1 Å². The summed E-state index contributed by atoms with van der Waals surface area (Å²) in [6.07, 6.45) is 3.45. The van der Waals surface area contributed by atoms with Crippen molar-refractivity contribution in [3.05, 3.63) is 69.2 Å². The van der Waals surface area contributed by atoms with Crippen LogP contribution in [-0.2, 0) is 7.05 Å². The molecule has 0 radical (unpaired) electrons. The lowest BCUT2D eigenvalue weighted by molar-refractivity contribution is 0.0714. The Hall–Kier alpha value is -3.28. The fraction of sp³-hybridized carbons (Fsp3) is 0.261. The van der Waals surface area contributed by atoms with Crippen LogP contribution in [0.4, 0.5) is 4.39 Å². The number of thiophene rings is 1. The zero-order valence-electron chi connectivity index (χ0n) is 17.0. The number of benzene rings is 1. The van der Waals surface area contributed by atoms with Crippen LogP contribution in [0.2, 0.25) is 0 Å². The number of nitrogens with two attached hydrogens (primary N) is 1. The first-order valence-corrected chi connectivity index (χ1v) is 10.7. The monoisotopic (exact) mass is 436 g/mol. The van der Waals surface area contributed by atoms with Gasteiger partial charge in [-0.2, -0.15) is 5.26 Å². The molecule has 1 aliphatic heterocycles. The number of aryl methyl sites for hydroxylation is 1. The van der Waals surface area contributed by atoms with Gasteiger partial charge in [0.1, 0.15) is 11.9 Å². The number of carbonyl (C=O) groups is 1. The van der Waals surface area contributed by atoms with Gasteiger partial charge in [0.15, 0.2) is 0 Å². The van der Waals surface area contributed by atoms with Crippen LogP contribution in [0.15, 0.2) is 47.4 Å². The number of rotatable bonds is 3. The normalized spacial score (nSPS) is 16.2. The number of carbonyl (C=O) groups excluding carboxylic acids is 1. The Morgan fingerprint density at radius 2 is 2.03 bits per heavy atom. The van der Waals surface area contributed by atoms with Gasteiger partial charge in [-0.3, -0.25) is 9.59 Å². The first-order chi connectivity index (χ1) is 14.9. The number of aromatic nitrogens is 1. The molecule has 6 nitrogen and oxygen atoms in total. The summed E-state index contributed by atoms with van der Waals surface area (Å²) in [6, 6.07) is 11.1. The summed E-state index contributed by atoms with van der Waals surface area (Å²) in [6.45, 7) is 1.16. The largest absolute Gasteiger partial charge is 0.336 e. The Morgan fingerprint density at radius 1 is 1.26 bits per heavy atom. The van der Waals surface area contributed by atoms with Crippen LogP contribution < -0.4 is 11.3 Å². The quantitative estimate of drug-likeness (QED) is 0.682. The van der Waals surface area contributed by atoms with E-state index >= 15 is 0 Å². The van der Waals surface area contributed by atoms with Crippen molar-refractivity contribution in [2.45, 2.75) is 18.9 Å². The van der Waals surface area contributed by atoms with Gasteiger partial charge in [-0.1, -0.05) is 6.07 Å². The first kappa shape index (κ1) is 21.0. The van der Waals surface area contributed by atoms with E-state index in [1.807, 2.05) is 6.07 Å². The SMILES string of the molecule is Cn1cc(-c2sc(C(=O)N3CCCC(N)C3)cc2-c2ccc(C#N)c(F)c2)ccc1=O. The smallest absolute Gasteiger partial charge is 0.264 e. The van der Waals surface area contributed by atoms with Gasteiger partial charge in [0.2, 0.25) is 5.56 Å². The standard InChI is InChI=1S/C23H21FN4O2S/c1-27-12-16(6-7-21(27)29)22-18(14-4-5-15(11-25)19(24)9-14)10-20(31-22)23(30)28-8-2-3-17(26)13-28/h4-7,9-10,12,17H,2-3,8,13,26H2,1H3. The van der Waals surface area contributed by atoms with Gasteiger partial charge >= 0.3 is 0 Å². The second-order valence-corrected chi connectivity index (χ2v) is 8.73. The van der Waals surface area contributed by atoms with Crippen LogP contribution >= 0.6 is 11.3 Å². The molecular weight excluding hydrogens is 415 g/mol. The molecule has 1 amide bonds. The Kier molecular flexibility index (Phi) is 5.72. The lowest BCUT2D eigenvalue weighted by Crippen LogP contribution is -2.45. The predicted molar refractivity (Wildman–Crippen MR) is 118 cm³/mol. The van der Waals surface area contributed by atoms with Gasteiger partial charge in [-0.05, 0) is 42.7 Å². The van der Waals surface area contributed by atoms with Crippen LogP contribution in [0.5, 0.6) is 0 Å². The van der Waals surface area contributed by atoms with E-state index in [0.717, 1.165) is 23.3 Å². The topological polar surface area (TPSA) is 92.1 Å². The Bertz CT molecular complexity index is 1260. The molecule has 2 aromatic heterocycles. The average Bonchev–Trinajstić information content (AvgIpc) is 3.20. The summed E-state index contributed by atoms with van der Waals surface area (Å²) in [5, 5.41) is 9.03. The molecule has 1 saturated heterocycles. The molecule has 3 heterocycles. The van der Waals surface area contributed by atoms with Gasteiger partial charge in [-0.25, -0.2) is 4.39 Å². The lowest BCUT2D eigenvalue weighted by Gasteiger charge is -2.30. The van der Waals surface area contributed by atoms with E-state index in [4.69, 9.17) is 11.0 Å². The molecular formula is C23H21FN4O2S. The maximum absolute atomic E-state index is 14.3. The molecule has 1 fully saturated rings. The maximum Gasteiger partial charge on any atom is 0.264 e. The van der Waals surface area contributed by atoms with Crippen LogP contribution in [0.3, 0.4) is 0 Å². The number of nitrogens with zero attached hydrogens (tertiary/aromatic N) is 3. The molecule has 0 spiro atoms. The number of piperidine rings is 1. The molecule has 1 unspecified atom stereocenters. The van der Waals surface area contributed by atoms with E-state index in [1.165, 1.54) is 34.1 Å². The minimum atomic E-state index is -0.618. The highest BCUT2D eigenvalue weighted by Crippen LogP contribution is 2.40. The molecule has 3 aromatic rings. The highest BCUT2D eigenvalue weighted by Gasteiger charge is 2.25. The molecule has 1 aromatic carbocycles. The Morgan fingerprint density at radius 3 is 2.71 bits per heavy atom. The third-order valence-corrected chi connectivity index (χ3v) is 6.61. The van der Waals surface area contributed by atoms with Crippen molar-refractivity contribution >= 4 is 17.2 Å². The fourth-order valence-corrected chi connectivity index (χ4v) is 4.92. The van der Waals surface area contributed by atoms with Crippen molar-refractivity contribution in [2.24, 2.45) is 12.8 Å². The van der Waals surface area contributed by atoms with Crippen LogP contribution in [-0.4, -0.2) is 34.5 Å². The van der Waals surface area contributed by atoms with E-state index in [9.17, 15) is 14.0 Å². The third-order valence-electron chi connectivity index (χ3n) is 5.44. The van der Waals surface area contributed by atoms with Gasteiger partial charge in [-0.15, -0.1) is 11.3 Å². The highest BCUT2D eigenvalue weighted by molar-refractivity contribution is 7.18. The Labute approximate surface area is 183 Å². The maximum atomic E-state index is 14.3. The van der Waals surface area contributed by atoms with E-state index < -0.39 is 5.82 Å². The van der Waals surface area contributed by atoms with Crippen LogP contribution in [0.25, 0.3) is 21.6 Å². The number of likely N-dealkylation sites (tertiary alicyclic amines) is 1. The van der Waals surface area contributed by atoms with Crippen molar-refractivity contribution in [3.8, 4) is 27.6 Å². The molecule has 0 bridgehead atoms. The lowest BCUT2D eigenvalue weighted by atomic mass is 10.0. The van der Waals surface area contributed by atoms with Gasteiger partial charge in [0.05, 0.1) is 10.4 Å². The van der Waals surface area contributed by atoms with Crippen LogP contribution in [0, 0.1) is 17.1 Å². The molecule has 2 N–H and O–H groups in total. The molecule has 4 rings (SSSR count). The minimum Gasteiger partial charge on any atom is -0.336 e. The zero-order valence-corrected chi connectivity index (χ0v) is 17.8. The number of hydrogen-bond donors (Lipinski definition) is 1. The number of pyridine rings is 1. The number of halogens is 1. The zero-order chi connectivity index (χ0) is 22.1. The number of nitriles is 1. The van der Waals surface area contributed by atoms with E-state index in [-0.39, 0.29) is 23.1 Å². The molecule has 1 atom stereocenters. The van der Waals surface area contributed by atoms with Crippen molar-refractivity contribution in [1.82, 2.24) is 9.47 Å². The predicted octanol–water partition coefficient (Wildman–Crippen LogP) is 3.35. The number of amides is 1. The van der Waals surface area contributed by atoms with E-state index in [2.05, 4.69) is 0 Å². The molecule has 158 valence electrons. The molecule has 8 heteroatoms. The van der Waals surface area contributed by atoms with Gasteiger partial charge < -0.3 is 15.2 Å². The second-order valence-electron chi connectivity index (χ2n) is 7.68. The summed E-state index contributed by atoms with van der Waals surface area (Å²) < 4.78 is 15.8. The second kappa shape index (κ2) is 8.46. The average molecular weight is 437 g/mol. The van der Waals surface area contributed by atoms with Crippen molar-refractivity contribution < 1.29 is 9.18 Å². The van der Waals surface area contributed by atoms with E-state index in [0.29, 0.717) is 29.1 Å². The minimum absolute atomic E-state index is 0.0344. The van der Waals surface area contributed by atoms with Crippen molar-refractivity contribution in [1.29, 1.82) is 5.26 Å². The Balaban J connectivity index is 1.83. The molecule has 0 aliphatic carbocycles. The highest BCUT2D eigenvalue weighted by atomic mass is 32.1. The molecule has 0 saturated carbocycles. The van der Waals surface area contributed by atoms with E-state index in [1.54, 1.807) is 36.3 Å². The fourth-order valence-electron chi connectivity index (χ4n) is 3.78. The summed E-state index contributed by atoms with van der Waals surface area (Å²) in [5.74, 6) is -0.723. The first-order valence-electron chi connectivity index (χ1n) is 9.93. The van der Waals surface area contributed by atoms with Crippen molar-refractivity contribution in [3.63, 3.8) is 0 Å². The summed E-state index contributed by atoms with van der Waals surface area (Å²) in [5.41, 5.74) is 7.84. The summed E-state index contributed by atoms with van der Waals surface area (Å²) in [4.78, 5) is 28.0. The summed E-state index contributed by atoms with van der Waals surface area (Å²) >= 11 is 1.31.